The van der Waals surface area contributed by atoms with Crippen LogP contribution >= 0.6 is 11.6 Å². The number of aromatic nitrogens is 1. The molecule has 0 saturated carbocycles. The minimum absolute atomic E-state index is 0.145. The number of fused-ring (bicyclic) bond motifs is 1. The molecule has 0 spiro atoms. The molecule has 1 aliphatic rings. The minimum Gasteiger partial charge on any atom is -0.372 e. The highest BCUT2D eigenvalue weighted by atomic mass is 35.5. The molecule has 1 N–H and O–H groups in total. The average molecular weight is 263 g/mol. The fourth-order valence-corrected chi connectivity index (χ4v) is 2.55. The van der Waals surface area contributed by atoms with Crippen LogP contribution in [0.4, 0.5) is 0 Å². The van der Waals surface area contributed by atoms with Gasteiger partial charge in [0.15, 0.2) is 0 Å². The number of pyridine rings is 1. The van der Waals surface area contributed by atoms with Crippen LogP contribution in [-0.4, -0.2) is 24.7 Å². The standard InChI is InChI=1S/C14H15ClN2O/c15-10-1-2-11-12(3-6-17-13(11)9-10)14-4-5-16-7-8-18-14/h1-3,6,9,14,16H,4-5,7-8H2. The van der Waals surface area contributed by atoms with E-state index in [2.05, 4.69) is 10.3 Å². The van der Waals surface area contributed by atoms with Crippen molar-refractivity contribution in [3.63, 3.8) is 0 Å². The second-order valence-corrected chi connectivity index (χ2v) is 4.90. The van der Waals surface area contributed by atoms with Crippen molar-refractivity contribution in [2.75, 3.05) is 19.7 Å². The molecule has 1 fully saturated rings. The fraction of sp³-hybridized carbons (Fsp3) is 0.357. The third kappa shape index (κ3) is 2.34. The number of halogens is 1. The van der Waals surface area contributed by atoms with Crippen molar-refractivity contribution in [1.82, 2.24) is 10.3 Å². The zero-order valence-corrected chi connectivity index (χ0v) is 10.8. The summed E-state index contributed by atoms with van der Waals surface area (Å²) in [6.45, 7) is 2.66. The lowest BCUT2D eigenvalue weighted by molar-refractivity contribution is 0.0654. The van der Waals surface area contributed by atoms with Crippen LogP contribution < -0.4 is 5.32 Å². The summed E-state index contributed by atoms with van der Waals surface area (Å²) >= 11 is 6.00. The second-order valence-electron chi connectivity index (χ2n) is 4.46. The quantitative estimate of drug-likeness (QED) is 0.858. The number of nitrogens with one attached hydrogen (secondary N) is 1. The predicted octanol–water partition coefficient (Wildman–Crippen LogP) is 2.94. The largest absolute Gasteiger partial charge is 0.372 e. The Hall–Kier alpha value is -1.16. The molecule has 4 heteroatoms. The van der Waals surface area contributed by atoms with Crippen molar-refractivity contribution in [3.05, 3.63) is 41.0 Å². The first-order valence-corrected chi connectivity index (χ1v) is 6.59. The molecule has 1 aromatic heterocycles. The van der Waals surface area contributed by atoms with E-state index < -0.39 is 0 Å². The normalized spacial score (nSPS) is 20.8. The van der Waals surface area contributed by atoms with Gasteiger partial charge in [-0.2, -0.15) is 0 Å². The summed E-state index contributed by atoms with van der Waals surface area (Å²) in [5, 5.41) is 5.19. The zero-order chi connectivity index (χ0) is 12.4. The molecular weight excluding hydrogens is 248 g/mol. The van der Waals surface area contributed by atoms with E-state index in [0.29, 0.717) is 0 Å². The number of nitrogens with zero attached hydrogens (tertiary/aromatic N) is 1. The van der Waals surface area contributed by atoms with Crippen molar-refractivity contribution in [1.29, 1.82) is 0 Å². The molecule has 3 nitrogen and oxygen atoms in total. The SMILES string of the molecule is Clc1ccc2c(C3CCNCCO3)ccnc2c1. The topological polar surface area (TPSA) is 34.1 Å². The van der Waals surface area contributed by atoms with Crippen molar-refractivity contribution in [2.24, 2.45) is 0 Å². The Bertz CT molecular complexity index is 550. The minimum atomic E-state index is 0.145. The Labute approximate surface area is 111 Å². The Kier molecular flexibility index (Phi) is 3.46. The summed E-state index contributed by atoms with van der Waals surface area (Å²) in [5.41, 5.74) is 2.14. The average Bonchev–Trinajstić information content (AvgIpc) is 2.66. The molecule has 18 heavy (non-hydrogen) atoms. The molecule has 3 rings (SSSR count). The van der Waals surface area contributed by atoms with E-state index in [1.165, 1.54) is 5.56 Å². The first kappa shape index (κ1) is 11.9. The van der Waals surface area contributed by atoms with Crippen molar-refractivity contribution in [3.8, 4) is 0 Å². The maximum atomic E-state index is 6.00. The number of ether oxygens (including phenoxy) is 1. The summed E-state index contributed by atoms with van der Waals surface area (Å²) in [5.74, 6) is 0. The zero-order valence-electron chi connectivity index (χ0n) is 10.0. The van der Waals surface area contributed by atoms with Crippen LogP contribution in [0.5, 0.6) is 0 Å². The van der Waals surface area contributed by atoms with Gasteiger partial charge in [-0.25, -0.2) is 0 Å². The molecule has 1 saturated heterocycles. The van der Waals surface area contributed by atoms with E-state index in [9.17, 15) is 0 Å². The van der Waals surface area contributed by atoms with Crippen LogP contribution in [0.15, 0.2) is 30.5 Å². The molecule has 2 aromatic rings. The number of hydrogen-bond donors (Lipinski definition) is 1. The van der Waals surface area contributed by atoms with Gasteiger partial charge < -0.3 is 10.1 Å². The van der Waals surface area contributed by atoms with E-state index in [-0.39, 0.29) is 6.10 Å². The second kappa shape index (κ2) is 5.22. The molecule has 1 unspecified atom stereocenters. The van der Waals surface area contributed by atoms with Gasteiger partial charge in [-0.15, -0.1) is 0 Å². The molecule has 1 atom stereocenters. The Morgan fingerprint density at radius 2 is 2.22 bits per heavy atom. The molecular formula is C14H15ClN2O. The van der Waals surface area contributed by atoms with Gasteiger partial charge in [0.2, 0.25) is 0 Å². The smallest absolute Gasteiger partial charge is 0.0844 e. The molecule has 1 aromatic carbocycles. The third-order valence-corrected chi connectivity index (χ3v) is 3.50. The molecule has 1 aliphatic heterocycles. The molecule has 94 valence electrons. The van der Waals surface area contributed by atoms with E-state index in [1.807, 2.05) is 30.5 Å². The third-order valence-electron chi connectivity index (χ3n) is 3.27. The summed E-state index contributed by atoms with van der Waals surface area (Å²) in [6.07, 6.45) is 2.96. The first-order chi connectivity index (χ1) is 8.84. The first-order valence-electron chi connectivity index (χ1n) is 6.21. The summed E-state index contributed by atoms with van der Waals surface area (Å²) in [7, 11) is 0. The Morgan fingerprint density at radius 1 is 1.28 bits per heavy atom. The van der Waals surface area contributed by atoms with Gasteiger partial charge in [0, 0.05) is 23.2 Å². The maximum Gasteiger partial charge on any atom is 0.0844 e. The number of hydrogen-bond acceptors (Lipinski definition) is 3. The predicted molar refractivity (Wildman–Crippen MR) is 72.9 cm³/mol. The van der Waals surface area contributed by atoms with Gasteiger partial charge >= 0.3 is 0 Å². The fourth-order valence-electron chi connectivity index (χ4n) is 2.38. The van der Waals surface area contributed by atoms with E-state index in [0.717, 1.165) is 42.0 Å². The van der Waals surface area contributed by atoms with Crippen molar-refractivity contribution in [2.45, 2.75) is 12.5 Å². The monoisotopic (exact) mass is 262 g/mol. The highest BCUT2D eigenvalue weighted by Crippen LogP contribution is 2.29. The van der Waals surface area contributed by atoms with Crippen LogP contribution in [0.3, 0.4) is 0 Å². The van der Waals surface area contributed by atoms with E-state index >= 15 is 0 Å². The van der Waals surface area contributed by atoms with Crippen LogP contribution in [0.2, 0.25) is 5.02 Å². The number of rotatable bonds is 1. The van der Waals surface area contributed by atoms with Crippen LogP contribution in [-0.2, 0) is 4.74 Å². The van der Waals surface area contributed by atoms with Crippen molar-refractivity contribution >= 4 is 22.5 Å². The van der Waals surface area contributed by atoms with Gasteiger partial charge in [0.05, 0.1) is 18.2 Å². The van der Waals surface area contributed by atoms with Gasteiger partial charge in [0.25, 0.3) is 0 Å². The van der Waals surface area contributed by atoms with Crippen molar-refractivity contribution < 1.29 is 4.74 Å². The van der Waals surface area contributed by atoms with Gasteiger partial charge in [-0.05, 0) is 36.7 Å². The summed E-state index contributed by atoms with van der Waals surface area (Å²) in [4.78, 5) is 4.37. The highest BCUT2D eigenvalue weighted by Gasteiger charge is 2.17. The molecule has 2 heterocycles. The lowest BCUT2D eigenvalue weighted by Crippen LogP contribution is -2.16. The number of benzene rings is 1. The highest BCUT2D eigenvalue weighted by molar-refractivity contribution is 6.31. The van der Waals surface area contributed by atoms with Gasteiger partial charge in [0.1, 0.15) is 0 Å². The van der Waals surface area contributed by atoms with E-state index in [1.54, 1.807) is 0 Å². The molecule has 0 bridgehead atoms. The lowest BCUT2D eigenvalue weighted by atomic mass is 10.0. The van der Waals surface area contributed by atoms with Crippen LogP contribution in [0.1, 0.15) is 18.1 Å². The maximum absolute atomic E-state index is 6.00. The summed E-state index contributed by atoms with van der Waals surface area (Å²) in [6, 6.07) is 7.88. The summed E-state index contributed by atoms with van der Waals surface area (Å²) < 4.78 is 5.90. The van der Waals surface area contributed by atoms with Gasteiger partial charge in [-0.1, -0.05) is 17.7 Å². The Balaban J connectivity index is 2.04. The van der Waals surface area contributed by atoms with Crippen LogP contribution in [0, 0.1) is 0 Å². The lowest BCUT2D eigenvalue weighted by Gasteiger charge is -2.16. The molecule has 0 aliphatic carbocycles. The van der Waals surface area contributed by atoms with Crippen LogP contribution in [0.25, 0.3) is 10.9 Å². The van der Waals surface area contributed by atoms with E-state index in [4.69, 9.17) is 16.3 Å². The molecule has 0 amide bonds. The molecule has 0 radical (unpaired) electrons. The van der Waals surface area contributed by atoms with Gasteiger partial charge in [-0.3, -0.25) is 4.98 Å². The Morgan fingerprint density at radius 3 is 3.17 bits per heavy atom.